The van der Waals surface area contributed by atoms with Crippen LogP contribution in [-0.2, 0) is 11.2 Å². The van der Waals surface area contributed by atoms with Gasteiger partial charge in [-0.2, -0.15) is 0 Å². The first-order chi connectivity index (χ1) is 8.62. The van der Waals surface area contributed by atoms with Gasteiger partial charge in [-0.1, -0.05) is 13.0 Å². The lowest BCUT2D eigenvalue weighted by Gasteiger charge is -2.26. The molecule has 0 saturated carbocycles. The van der Waals surface area contributed by atoms with Gasteiger partial charge >= 0.3 is 0 Å². The quantitative estimate of drug-likeness (QED) is 0.811. The smallest absolute Gasteiger partial charge is 0.129 e. The molecule has 1 N–H and O–H groups in total. The summed E-state index contributed by atoms with van der Waals surface area (Å²) in [4.78, 5) is 0. The molecule has 0 fully saturated rings. The Morgan fingerprint density at radius 2 is 2.00 bits per heavy atom. The Kier molecular flexibility index (Phi) is 6.22. The van der Waals surface area contributed by atoms with Gasteiger partial charge in [-0.3, -0.25) is 0 Å². The fraction of sp³-hybridized carbons (Fsp3) is 0.571. The number of ether oxygens (including phenoxy) is 1. The molecule has 0 bridgehead atoms. The van der Waals surface area contributed by atoms with Gasteiger partial charge in [0.1, 0.15) is 11.6 Å². The number of likely N-dealkylation sites (N-methyl/N-ethyl adjacent to an activating group) is 1. The van der Waals surface area contributed by atoms with Crippen molar-refractivity contribution in [2.75, 3.05) is 13.7 Å². The van der Waals surface area contributed by atoms with E-state index in [2.05, 4.69) is 5.32 Å². The van der Waals surface area contributed by atoms with Gasteiger partial charge in [0.15, 0.2) is 0 Å². The van der Waals surface area contributed by atoms with Gasteiger partial charge in [-0.25, -0.2) is 8.78 Å². The van der Waals surface area contributed by atoms with Crippen molar-refractivity contribution in [2.45, 2.75) is 38.8 Å². The van der Waals surface area contributed by atoms with Gasteiger partial charge in [-0.15, -0.1) is 0 Å². The molecule has 4 heteroatoms. The summed E-state index contributed by atoms with van der Waals surface area (Å²) < 4.78 is 32.0. The van der Waals surface area contributed by atoms with Crippen LogP contribution in [0.1, 0.15) is 25.8 Å². The Morgan fingerprint density at radius 3 is 2.50 bits per heavy atom. The minimum Gasteiger partial charge on any atom is -0.377 e. The van der Waals surface area contributed by atoms with Crippen LogP contribution >= 0.6 is 0 Å². The third kappa shape index (κ3) is 4.03. The summed E-state index contributed by atoms with van der Waals surface area (Å²) in [5.74, 6) is -1.05. The molecule has 1 aromatic rings. The largest absolute Gasteiger partial charge is 0.377 e. The van der Waals surface area contributed by atoms with Crippen LogP contribution < -0.4 is 5.32 Å². The van der Waals surface area contributed by atoms with E-state index < -0.39 is 11.6 Å². The molecule has 0 saturated heterocycles. The van der Waals surface area contributed by atoms with Crippen molar-refractivity contribution < 1.29 is 13.5 Å². The Morgan fingerprint density at radius 1 is 1.28 bits per heavy atom. The number of hydrogen-bond donors (Lipinski definition) is 1. The minimum absolute atomic E-state index is 0.0231. The highest BCUT2D eigenvalue weighted by atomic mass is 19.1. The lowest BCUT2D eigenvalue weighted by Crippen LogP contribution is -2.41. The summed E-state index contributed by atoms with van der Waals surface area (Å²) in [6, 6.07) is 3.72. The van der Waals surface area contributed by atoms with E-state index in [0.29, 0.717) is 18.6 Å². The molecule has 0 aromatic heterocycles. The summed E-state index contributed by atoms with van der Waals surface area (Å²) in [7, 11) is 1.83. The van der Waals surface area contributed by atoms with Crippen molar-refractivity contribution in [3.05, 3.63) is 35.4 Å². The fourth-order valence-corrected chi connectivity index (χ4v) is 2.08. The molecule has 1 rings (SSSR count). The first-order valence-electron chi connectivity index (χ1n) is 6.35. The minimum atomic E-state index is -0.547. The Hall–Kier alpha value is -1.00. The topological polar surface area (TPSA) is 21.3 Å². The highest BCUT2D eigenvalue weighted by Crippen LogP contribution is 2.15. The first kappa shape index (κ1) is 15.1. The van der Waals surface area contributed by atoms with E-state index in [1.165, 1.54) is 12.1 Å². The van der Waals surface area contributed by atoms with Crippen LogP contribution in [0.3, 0.4) is 0 Å². The molecule has 0 heterocycles. The van der Waals surface area contributed by atoms with E-state index in [0.717, 1.165) is 12.5 Å². The van der Waals surface area contributed by atoms with E-state index in [-0.39, 0.29) is 12.1 Å². The molecule has 18 heavy (non-hydrogen) atoms. The van der Waals surface area contributed by atoms with E-state index in [1.54, 1.807) is 0 Å². The van der Waals surface area contributed by atoms with E-state index in [4.69, 9.17) is 4.74 Å². The second-order valence-corrected chi connectivity index (χ2v) is 4.24. The molecule has 0 aliphatic carbocycles. The standard InChI is InChI=1S/C14H21F2NO/c1-4-14(18-5-2)13(17-3)8-10-6-7-11(15)9-12(10)16/h6-7,9,13-14,17H,4-5,8H2,1-3H3. The van der Waals surface area contributed by atoms with Gasteiger partial charge in [0, 0.05) is 18.7 Å². The number of halogens is 2. The van der Waals surface area contributed by atoms with Gasteiger partial charge in [-0.05, 0) is 38.4 Å². The second-order valence-electron chi connectivity index (χ2n) is 4.24. The van der Waals surface area contributed by atoms with Gasteiger partial charge in [0.25, 0.3) is 0 Å². The zero-order chi connectivity index (χ0) is 13.5. The van der Waals surface area contributed by atoms with Crippen molar-refractivity contribution in [3.8, 4) is 0 Å². The molecule has 0 spiro atoms. The SMILES string of the molecule is CCOC(CC)C(Cc1ccc(F)cc1F)NC. The predicted molar refractivity (Wildman–Crippen MR) is 68.6 cm³/mol. The summed E-state index contributed by atoms with van der Waals surface area (Å²) in [5.41, 5.74) is 0.508. The number of benzene rings is 1. The van der Waals surface area contributed by atoms with Crippen LogP contribution in [0.4, 0.5) is 8.78 Å². The highest BCUT2D eigenvalue weighted by Gasteiger charge is 2.20. The maximum atomic E-state index is 13.6. The summed E-state index contributed by atoms with van der Waals surface area (Å²) in [6.07, 6.45) is 1.37. The summed E-state index contributed by atoms with van der Waals surface area (Å²) in [6.45, 7) is 4.60. The summed E-state index contributed by atoms with van der Waals surface area (Å²) >= 11 is 0. The van der Waals surface area contributed by atoms with Crippen LogP contribution in [0.2, 0.25) is 0 Å². The van der Waals surface area contributed by atoms with Crippen LogP contribution in [0.15, 0.2) is 18.2 Å². The van der Waals surface area contributed by atoms with Crippen molar-refractivity contribution in [3.63, 3.8) is 0 Å². The number of nitrogens with one attached hydrogen (secondary N) is 1. The van der Waals surface area contributed by atoms with E-state index >= 15 is 0 Å². The van der Waals surface area contributed by atoms with Gasteiger partial charge in [0.2, 0.25) is 0 Å². The van der Waals surface area contributed by atoms with Crippen molar-refractivity contribution in [1.29, 1.82) is 0 Å². The van der Waals surface area contributed by atoms with Crippen molar-refractivity contribution >= 4 is 0 Å². The monoisotopic (exact) mass is 257 g/mol. The van der Waals surface area contributed by atoms with Crippen LogP contribution in [-0.4, -0.2) is 25.8 Å². The maximum absolute atomic E-state index is 13.6. The average molecular weight is 257 g/mol. The molecule has 2 unspecified atom stereocenters. The zero-order valence-corrected chi connectivity index (χ0v) is 11.2. The molecule has 0 amide bonds. The molecule has 0 aliphatic heterocycles. The Bertz CT molecular complexity index is 371. The fourth-order valence-electron chi connectivity index (χ4n) is 2.08. The molecule has 0 radical (unpaired) electrons. The Balaban J connectivity index is 2.78. The van der Waals surface area contributed by atoms with E-state index in [1.807, 2.05) is 20.9 Å². The number of hydrogen-bond acceptors (Lipinski definition) is 2. The third-order valence-corrected chi connectivity index (χ3v) is 3.06. The van der Waals surface area contributed by atoms with Crippen LogP contribution in [0, 0.1) is 11.6 Å². The first-order valence-corrected chi connectivity index (χ1v) is 6.35. The Labute approximate surface area is 107 Å². The molecule has 0 aliphatic rings. The van der Waals surface area contributed by atoms with Crippen LogP contribution in [0.5, 0.6) is 0 Å². The van der Waals surface area contributed by atoms with Gasteiger partial charge < -0.3 is 10.1 Å². The predicted octanol–water partition coefficient (Wildman–Crippen LogP) is 2.91. The average Bonchev–Trinajstić information content (AvgIpc) is 2.36. The highest BCUT2D eigenvalue weighted by molar-refractivity contribution is 5.20. The lowest BCUT2D eigenvalue weighted by atomic mass is 9.99. The molecular formula is C14H21F2NO. The second kappa shape index (κ2) is 7.44. The van der Waals surface area contributed by atoms with Crippen molar-refractivity contribution in [2.24, 2.45) is 0 Å². The lowest BCUT2D eigenvalue weighted by molar-refractivity contribution is 0.0337. The molecule has 2 nitrogen and oxygen atoms in total. The molecule has 2 atom stereocenters. The molecule has 1 aromatic carbocycles. The molecular weight excluding hydrogens is 236 g/mol. The summed E-state index contributed by atoms with van der Waals surface area (Å²) in [5, 5.41) is 3.14. The third-order valence-electron chi connectivity index (χ3n) is 3.06. The molecule has 102 valence electrons. The van der Waals surface area contributed by atoms with Gasteiger partial charge in [0.05, 0.1) is 6.10 Å². The van der Waals surface area contributed by atoms with Crippen LogP contribution in [0.25, 0.3) is 0 Å². The van der Waals surface area contributed by atoms with E-state index in [9.17, 15) is 8.78 Å². The zero-order valence-electron chi connectivity index (χ0n) is 11.2. The van der Waals surface area contributed by atoms with Crippen molar-refractivity contribution in [1.82, 2.24) is 5.32 Å². The normalized spacial score (nSPS) is 14.5. The number of rotatable bonds is 7. The maximum Gasteiger partial charge on any atom is 0.129 e.